The average Bonchev–Trinajstić information content (AvgIpc) is 2.97. The maximum atomic E-state index is 13.6. The Bertz CT molecular complexity index is 728. The standard InChI is InChI=1S/C15H18FNO5S/c16-11-6-10-8-17(4-3-13(10)14(7-11)15(18)19)23(20,21)9-12-2-1-5-22-12/h6-7,12H,1-5,8-9H2,(H,18,19). The Morgan fingerprint density at radius 3 is 2.87 bits per heavy atom. The number of carbonyl (C=O) groups is 1. The largest absolute Gasteiger partial charge is 0.478 e. The molecule has 1 aromatic carbocycles. The molecule has 23 heavy (non-hydrogen) atoms. The predicted molar refractivity (Wildman–Crippen MR) is 80.2 cm³/mol. The van der Waals surface area contributed by atoms with Gasteiger partial charge in [-0.25, -0.2) is 17.6 Å². The fourth-order valence-corrected chi connectivity index (χ4v) is 4.83. The monoisotopic (exact) mass is 343 g/mol. The molecule has 0 spiro atoms. The van der Waals surface area contributed by atoms with E-state index in [9.17, 15) is 17.6 Å². The second-order valence-electron chi connectivity index (χ2n) is 5.89. The van der Waals surface area contributed by atoms with Crippen molar-refractivity contribution in [2.45, 2.75) is 31.9 Å². The molecule has 1 atom stereocenters. The van der Waals surface area contributed by atoms with Crippen LogP contribution in [0, 0.1) is 5.82 Å². The zero-order chi connectivity index (χ0) is 16.6. The van der Waals surface area contributed by atoms with Crippen LogP contribution in [0.25, 0.3) is 0 Å². The number of fused-ring (bicyclic) bond motifs is 1. The van der Waals surface area contributed by atoms with Crippen molar-refractivity contribution in [3.05, 3.63) is 34.6 Å². The molecule has 1 aromatic rings. The van der Waals surface area contributed by atoms with Crippen LogP contribution in [0.15, 0.2) is 12.1 Å². The summed E-state index contributed by atoms with van der Waals surface area (Å²) in [5, 5.41) is 9.17. The SMILES string of the molecule is O=C(O)c1cc(F)cc2c1CCN(S(=O)(=O)CC1CCCO1)C2. The van der Waals surface area contributed by atoms with Gasteiger partial charge in [0.2, 0.25) is 10.0 Å². The zero-order valence-electron chi connectivity index (χ0n) is 12.5. The Kier molecular flexibility index (Phi) is 4.39. The molecule has 1 N–H and O–H groups in total. The van der Waals surface area contributed by atoms with Crippen LogP contribution < -0.4 is 0 Å². The molecule has 0 radical (unpaired) electrons. The average molecular weight is 343 g/mol. The molecule has 2 heterocycles. The number of aromatic carboxylic acids is 1. The highest BCUT2D eigenvalue weighted by Gasteiger charge is 2.32. The Balaban J connectivity index is 1.83. The minimum atomic E-state index is -3.52. The number of nitrogens with zero attached hydrogens (tertiary/aromatic N) is 1. The van der Waals surface area contributed by atoms with Gasteiger partial charge in [-0.05, 0) is 42.5 Å². The normalized spacial score (nSPS) is 22.0. The van der Waals surface area contributed by atoms with E-state index in [2.05, 4.69) is 0 Å². The lowest BCUT2D eigenvalue weighted by atomic mass is 9.95. The number of carboxylic acid groups (broad SMARTS) is 1. The Labute approximate surface area is 133 Å². The summed E-state index contributed by atoms with van der Waals surface area (Å²) in [7, 11) is -3.52. The highest BCUT2D eigenvalue weighted by Crippen LogP contribution is 2.27. The van der Waals surface area contributed by atoms with Crippen LogP contribution in [0.2, 0.25) is 0 Å². The Hall–Kier alpha value is -1.51. The van der Waals surface area contributed by atoms with Crippen molar-refractivity contribution in [1.29, 1.82) is 0 Å². The first-order valence-electron chi connectivity index (χ1n) is 7.51. The first-order valence-corrected chi connectivity index (χ1v) is 9.12. The minimum absolute atomic E-state index is 0.00241. The number of ether oxygens (including phenoxy) is 1. The second kappa shape index (κ2) is 6.18. The van der Waals surface area contributed by atoms with Crippen molar-refractivity contribution in [2.75, 3.05) is 18.9 Å². The molecule has 0 aliphatic carbocycles. The van der Waals surface area contributed by atoms with Crippen molar-refractivity contribution in [3.8, 4) is 0 Å². The van der Waals surface area contributed by atoms with Crippen LogP contribution in [-0.4, -0.2) is 48.8 Å². The number of rotatable bonds is 4. The van der Waals surface area contributed by atoms with Gasteiger partial charge in [0.1, 0.15) is 5.82 Å². The summed E-state index contributed by atoms with van der Waals surface area (Å²) in [6, 6.07) is 2.20. The van der Waals surface area contributed by atoms with E-state index < -0.39 is 21.8 Å². The second-order valence-corrected chi connectivity index (χ2v) is 7.91. The molecule has 1 unspecified atom stereocenters. The van der Waals surface area contributed by atoms with Gasteiger partial charge in [0.25, 0.3) is 0 Å². The molecule has 0 saturated carbocycles. The third kappa shape index (κ3) is 3.39. The molecule has 0 amide bonds. The van der Waals surface area contributed by atoms with Crippen molar-refractivity contribution in [2.24, 2.45) is 0 Å². The van der Waals surface area contributed by atoms with E-state index >= 15 is 0 Å². The molecule has 126 valence electrons. The minimum Gasteiger partial charge on any atom is -0.478 e. The summed E-state index contributed by atoms with van der Waals surface area (Å²) < 4.78 is 45.3. The lowest BCUT2D eigenvalue weighted by molar-refractivity contribution is 0.0694. The van der Waals surface area contributed by atoms with Gasteiger partial charge in [-0.15, -0.1) is 0 Å². The molecule has 1 fully saturated rings. The molecule has 1 saturated heterocycles. The molecule has 3 rings (SSSR count). The smallest absolute Gasteiger partial charge is 0.336 e. The molecular formula is C15H18FNO5S. The van der Waals surface area contributed by atoms with Gasteiger partial charge >= 0.3 is 5.97 Å². The Morgan fingerprint density at radius 2 is 2.22 bits per heavy atom. The van der Waals surface area contributed by atoms with E-state index in [1.54, 1.807) is 0 Å². The van der Waals surface area contributed by atoms with Gasteiger partial charge in [0, 0.05) is 19.7 Å². The van der Waals surface area contributed by atoms with Crippen LogP contribution in [0.1, 0.15) is 34.3 Å². The van der Waals surface area contributed by atoms with E-state index in [4.69, 9.17) is 9.84 Å². The van der Waals surface area contributed by atoms with Crippen molar-refractivity contribution >= 4 is 16.0 Å². The van der Waals surface area contributed by atoms with Crippen molar-refractivity contribution in [1.82, 2.24) is 4.31 Å². The fraction of sp³-hybridized carbons (Fsp3) is 0.533. The summed E-state index contributed by atoms with van der Waals surface area (Å²) in [4.78, 5) is 11.2. The summed E-state index contributed by atoms with van der Waals surface area (Å²) in [6.07, 6.45) is 1.56. The first-order chi connectivity index (χ1) is 10.9. The maximum absolute atomic E-state index is 13.6. The summed E-state index contributed by atoms with van der Waals surface area (Å²) >= 11 is 0. The van der Waals surface area contributed by atoms with E-state index in [1.807, 2.05) is 0 Å². The quantitative estimate of drug-likeness (QED) is 0.893. The topological polar surface area (TPSA) is 83.9 Å². The lowest BCUT2D eigenvalue weighted by Gasteiger charge is -2.29. The molecule has 2 aliphatic heterocycles. The van der Waals surface area contributed by atoms with Crippen LogP contribution in [0.5, 0.6) is 0 Å². The summed E-state index contributed by atoms with van der Waals surface area (Å²) in [5.74, 6) is -1.94. The van der Waals surface area contributed by atoms with Crippen molar-refractivity contribution < 1.29 is 27.4 Å². The first kappa shape index (κ1) is 16.4. The van der Waals surface area contributed by atoms with E-state index in [-0.39, 0.29) is 36.9 Å². The van der Waals surface area contributed by atoms with Crippen LogP contribution in [0.3, 0.4) is 0 Å². The lowest BCUT2D eigenvalue weighted by Crippen LogP contribution is -2.40. The third-order valence-corrected chi connectivity index (χ3v) is 6.20. The zero-order valence-corrected chi connectivity index (χ0v) is 13.3. The highest BCUT2D eigenvalue weighted by molar-refractivity contribution is 7.89. The third-order valence-electron chi connectivity index (χ3n) is 4.31. The number of carboxylic acids is 1. The van der Waals surface area contributed by atoms with Crippen LogP contribution in [-0.2, 0) is 27.7 Å². The number of hydrogen-bond acceptors (Lipinski definition) is 4. The number of hydrogen-bond donors (Lipinski definition) is 1. The highest BCUT2D eigenvalue weighted by atomic mass is 32.2. The molecule has 2 aliphatic rings. The van der Waals surface area contributed by atoms with Gasteiger partial charge in [0.05, 0.1) is 17.4 Å². The van der Waals surface area contributed by atoms with Crippen LogP contribution in [0.4, 0.5) is 4.39 Å². The Morgan fingerprint density at radius 1 is 1.43 bits per heavy atom. The van der Waals surface area contributed by atoms with E-state index in [1.165, 1.54) is 10.4 Å². The van der Waals surface area contributed by atoms with Gasteiger partial charge < -0.3 is 9.84 Å². The van der Waals surface area contributed by atoms with Gasteiger partial charge in [-0.3, -0.25) is 0 Å². The van der Waals surface area contributed by atoms with E-state index in [0.29, 0.717) is 17.7 Å². The molecule has 8 heteroatoms. The molecular weight excluding hydrogens is 325 g/mol. The van der Waals surface area contributed by atoms with Gasteiger partial charge in [-0.1, -0.05) is 0 Å². The van der Waals surface area contributed by atoms with E-state index in [0.717, 1.165) is 18.9 Å². The molecule has 0 bridgehead atoms. The van der Waals surface area contributed by atoms with Gasteiger partial charge in [0.15, 0.2) is 0 Å². The predicted octanol–water partition coefficient (Wildman–Crippen LogP) is 1.39. The van der Waals surface area contributed by atoms with Crippen molar-refractivity contribution in [3.63, 3.8) is 0 Å². The number of sulfonamides is 1. The molecule has 0 aromatic heterocycles. The number of benzene rings is 1. The summed E-state index contributed by atoms with van der Waals surface area (Å²) in [6.45, 7) is 0.784. The fourth-order valence-electron chi connectivity index (χ4n) is 3.18. The number of halogens is 1. The van der Waals surface area contributed by atoms with Gasteiger partial charge in [-0.2, -0.15) is 4.31 Å². The summed E-state index contributed by atoms with van der Waals surface area (Å²) in [5.41, 5.74) is 0.850. The van der Waals surface area contributed by atoms with Crippen LogP contribution >= 0.6 is 0 Å². The maximum Gasteiger partial charge on any atom is 0.336 e. The molecule has 6 nitrogen and oxygen atoms in total.